The van der Waals surface area contributed by atoms with Crippen molar-refractivity contribution in [1.29, 1.82) is 5.26 Å². The van der Waals surface area contributed by atoms with Crippen molar-refractivity contribution in [3.63, 3.8) is 0 Å². The molecule has 1 heterocycles. The van der Waals surface area contributed by atoms with Crippen LogP contribution in [0.2, 0.25) is 0 Å². The summed E-state index contributed by atoms with van der Waals surface area (Å²) in [6.07, 6.45) is 8.30. The van der Waals surface area contributed by atoms with E-state index in [1.807, 2.05) is 0 Å². The van der Waals surface area contributed by atoms with Crippen LogP contribution in [0.1, 0.15) is 25.7 Å². The molecule has 1 amide bonds. The average Bonchev–Trinajstić information content (AvgIpc) is 2.56. The Morgan fingerprint density at radius 2 is 2.17 bits per heavy atom. The number of nitrogens with zero attached hydrogens (tertiary/aromatic N) is 3. The van der Waals surface area contributed by atoms with E-state index in [1.165, 1.54) is 18.6 Å². The summed E-state index contributed by atoms with van der Waals surface area (Å²) < 4.78 is 0. The van der Waals surface area contributed by atoms with Crippen molar-refractivity contribution < 1.29 is 9.79 Å². The molecule has 23 heavy (non-hydrogen) atoms. The summed E-state index contributed by atoms with van der Waals surface area (Å²) in [6, 6.07) is 3.96. The lowest BCUT2D eigenvalue weighted by molar-refractivity contribution is -0.354. The molecule has 120 valence electrons. The molecule has 8 nitrogen and oxygen atoms in total. The minimum absolute atomic E-state index is 0.00140. The number of rotatable bonds is 5. The first kappa shape index (κ1) is 16.4. The minimum atomic E-state index is -0.658. The van der Waals surface area contributed by atoms with Crippen molar-refractivity contribution in [2.75, 3.05) is 0 Å². The number of nitrogens with one attached hydrogen (secondary N) is 2. The van der Waals surface area contributed by atoms with Crippen LogP contribution in [0.5, 0.6) is 0 Å². The third-order valence-electron chi connectivity index (χ3n) is 3.79. The summed E-state index contributed by atoms with van der Waals surface area (Å²) >= 11 is 0. The fraction of sp³-hybridized carbons (Fsp3) is 0.400. The maximum Gasteiger partial charge on any atom is 0.285 e. The number of carbonyl (C=O) groups excluding carboxylic acids is 1. The molecule has 2 atom stereocenters. The monoisotopic (exact) mass is 314 g/mol. The molecule has 6 N–H and O–H groups in total. The predicted octanol–water partition coefficient (Wildman–Crippen LogP) is -1.41. The summed E-state index contributed by atoms with van der Waals surface area (Å²) in [6.45, 7) is 0. The Kier molecular flexibility index (Phi) is 5.63. The van der Waals surface area contributed by atoms with Crippen LogP contribution in [0, 0.1) is 17.2 Å². The highest BCUT2D eigenvalue weighted by Crippen LogP contribution is 2.23. The van der Waals surface area contributed by atoms with Gasteiger partial charge in [0, 0.05) is 18.3 Å². The van der Waals surface area contributed by atoms with Crippen molar-refractivity contribution in [2.45, 2.75) is 31.7 Å². The molecular formula is C15H20N7O+. The molecule has 0 radical (unpaired) electrons. The van der Waals surface area contributed by atoms with Gasteiger partial charge in [0.2, 0.25) is 0 Å². The van der Waals surface area contributed by atoms with E-state index < -0.39 is 5.91 Å². The van der Waals surface area contributed by atoms with Gasteiger partial charge < -0.3 is 11.1 Å². The fourth-order valence-electron chi connectivity index (χ4n) is 2.54. The molecule has 1 aromatic rings. The van der Waals surface area contributed by atoms with Crippen LogP contribution in [0.25, 0.3) is 0 Å². The van der Waals surface area contributed by atoms with Crippen LogP contribution >= 0.6 is 0 Å². The quantitative estimate of drug-likeness (QED) is 0.298. The highest BCUT2D eigenvalue weighted by atomic mass is 16.1. The SMILES string of the molecule is N#C[C@H]1CCCC[C@@H]1N/C=C(/C(N)=O)C(N)=[NH+]c1ccnnc1. The van der Waals surface area contributed by atoms with E-state index in [9.17, 15) is 10.1 Å². The van der Waals surface area contributed by atoms with Crippen LogP contribution in [0.15, 0.2) is 30.2 Å². The highest BCUT2D eigenvalue weighted by molar-refractivity contribution is 6.17. The minimum Gasteiger partial charge on any atom is -0.386 e. The lowest BCUT2D eigenvalue weighted by Gasteiger charge is -2.27. The van der Waals surface area contributed by atoms with Crippen LogP contribution in [-0.2, 0) is 4.79 Å². The normalized spacial score (nSPS) is 22.2. The first-order chi connectivity index (χ1) is 11.1. The van der Waals surface area contributed by atoms with Gasteiger partial charge in [-0.3, -0.25) is 10.5 Å². The molecule has 0 spiro atoms. The summed E-state index contributed by atoms with van der Waals surface area (Å²) in [5, 5.41) is 19.7. The molecule has 1 aliphatic carbocycles. The first-order valence-electron chi connectivity index (χ1n) is 7.44. The van der Waals surface area contributed by atoms with E-state index in [2.05, 4.69) is 26.6 Å². The Bertz CT molecular complexity index is 648. The highest BCUT2D eigenvalue weighted by Gasteiger charge is 2.25. The van der Waals surface area contributed by atoms with Gasteiger partial charge in [0.1, 0.15) is 11.3 Å². The van der Waals surface area contributed by atoms with Crippen LogP contribution in [-0.4, -0.2) is 28.0 Å². The van der Waals surface area contributed by atoms with Gasteiger partial charge in [-0.15, -0.1) is 0 Å². The molecule has 1 saturated carbocycles. The van der Waals surface area contributed by atoms with Gasteiger partial charge in [-0.1, -0.05) is 12.8 Å². The number of amidine groups is 1. The second-order valence-corrected chi connectivity index (χ2v) is 5.39. The third-order valence-corrected chi connectivity index (χ3v) is 3.79. The smallest absolute Gasteiger partial charge is 0.285 e. The maximum atomic E-state index is 11.6. The summed E-state index contributed by atoms with van der Waals surface area (Å²) in [4.78, 5) is 14.5. The van der Waals surface area contributed by atoms with Crippen molar-refractivity contribution >= 4 is 17.4 Å². The average molecular weight is 314 g/mol. The van der Waals surface area contributed by atoms with Crippen molar-refractivity contribution in [1.82, 2.24) is 15.5 Å². The number of nitriles is 1. The molecule has 1 aliphatic rings. The molecule has 0 bridgehead atoms. The molecule has 0 unspecified atom stereocenters. The van der Waals surface area contributed by atoms with E-state index in [-0.39, 0.29) is 23.4 Å². The molecule has 8 heteroatoms. The van der Waals surface area contributed by atoms with Crippen molar-refractivity contribution in [2.24, 2.45) is 17.4 Å². The Labute approximate surface area is 134 Å². The number of primary amides is 1. The summed E-state index contributed by atoms with van der Waals surface area (Å²) in [5.41, 5.74) is 12.0. The number of hydrogen-bond donors (Lipinski definition) is 4. The second kappa shape index (κ2) is 7.89. The van der Waals surface area contributed by atoms with Crippen LogP contribution < -0.4 is 21.8 Å². The zero-order chi connectivity index (χ0) is 16.7. The zero-order valence-electron chi connectivity index (χ0n) is 12.7. The van der Waals surface area contributed by atoms with E-state index in [0.29, 0.717) is 5.69 Å². The summed E-state index contributed by atoms with van der Waals surface area (Å²) in [5.74, 6) is -0.621. The molecule has 1 fully saturated rings. The molecule has 2 rings (SSSR count). The van der Waals surface area contributed by atoms with Crippen LogP contribution in [0.4, 0.5) is 5.69 Å². The Morgan fingerprint density at radius 1 is 1.39 bits per heavy atom. The molecule has 0 aliphatic heterocycles. The molecule has 0 saturated heterocycles. The molecule has 0 aromatic carbocycles. The first-order valence-corrected chi connectivity index (χ1v) is 7.44. The van der Waals surface area contributed by atoms with Gasteiger partial charge in [-0.2, -0.15) is 15.5 Å². The fourth-order valence-corrected chi connectivity index (χ4v) is 2.54. The Balaban J connectivity index is 2.16. The number of carbonyl (C=O) groups is 1. The molecular weight excluding hydrogens is 294 g/mol. The van der Waals surface area contributed by atoms with E-state index in [1.54, 1.807) is 6.07 Å². The Hall–Kier alpha value is -2.95. The standard InChI is InChI=1S/C15H19N7O/c16-7-10-3-1-2-4-13(10)19-9-12(15(18)23)14(17)22-11-5-6-20-21-8-11/h5-6,8-10,13,19H,1-4H2,(H2,18,23)(H2,17,20,22)/p+1/b12-9+/t10-,13+/m1/s1. The lowest BCUT2D eigenvalue weighted by atomic mass is 9.85. The molecule has 1 aromatic heterocycles. The van der Waals surface area contributed by atoms with E-state index in [0.717, 1.165) is 25.7 Å². The zero-order valence-corrected chi connectivity index (χ0v) is 12.7. The van der Waals surface area contributed by atoms with Gasteiger partial charge in [0.25, 0.3) is 11.7 Å². The largest absolute Gasteiger partial charge is 0.386 e. The van der Waals surface area contributed by atoms with Crippen molar-refractivity contribution in [3.8, 4) is 6.07 Å². The van der Waals surface area contributed by atoms with Gasteiger partial charge >= 0.3 is 0 Å². The third kappa shape index (κ3) is 4.51. The number of aromatic nitrogens is 2. The van der Waals surface area contributed by atoms with Crippen molar-refractivity contribution in [3.05, 3.63) is 30.2 Å². The van der Waals surface area contributed by atoms with Gasteiger partial charge in [-0.25, -0.2) is 4.99 Å². The van der Waals surface area contributed by atoms with E-state index >= 15 is 0 Å². The maximum absolute atomic E-state index is 11.6. The number of nitrogens with two attached hydrogens (primary N) is 2. The number of hydrogen-bond acceptors (Lipinski definition) is 5. The van der Waals surface area contributed by atoms with E-state index in [4.69, 9.17) is 11.5 Å². The predicted molar refractivity (Wildman–Crippen MR) is 83.6 cm³/mol. The van der Waals surface area contributed by atoms with Gasteiger partial charge in [0.05, 0.1) is 24.4 Å². The van der Waals surface area contributed by atoms with Gasteiger partial charge in [-0.05, 0) is 12.8 Å². The number of amides is 1. The van der Waals surface area contributed by atoms with Crippen LogP contribution in [0.3, 0.4) is 0 Å². The lowest BCUT2D eigenvalue weighted by Crippen LogP contribution is -2.70. The summed E-state index contributed by atoms with van der Waals surface area (Å²) in [7, 11) is 0. The van der Waals surface area contributed by atoms with Gasteiger partial charge in [0.15, 0.2) is 0 Å². The Morgan fingerprint density at radius 3 is 2.83 bits per heavy atom. The topological polar surface area (TPSA) is 145 Å². The second-order valence-electron chi connectivity index (χ2n) is 5.39.